The lowest BCUT2D eigenvalue weighted by Gasteiger charge is -2.51. The van der Waals surface area contributed by atoms with Crippen molar-refractivity contribution in [1.29, 1.82) is 0 Å². The Morgan fingerprint density at radius 2 is 1.89 bits per heavy atom. The molecule has 1 atom stereocenters. The molecule has 2 heterocycles. The molecule has 1 unspecified atom stereocenters. The van der Waals surface area contributed by atoms with Crippen LogP contribution in [-0.4, -0.2) is 49.3 Å². The summed E-state index contributed by atoms with van der Waals surface area (Å²) in [5, 5.41) is 3.77. The molecule has 18 heavy (non-hydrogen) atoms. The molecular formula is C15H30N2O. The summed E-state index contributed by atoms with van der Waals surface area (Å²) in [7, 11) is 0. The summed E-state index contributed by atoms with van der Waals surface area (Å²) < 4.78 is 6.31. The average Bonchev–Trinajstić information content (AvgIpc) is 2.43. The van der Waals surface area contributed by atoms with E-state index < -0.39 is 0 Å². The van der Waals surface area contributed by atoms with Gasteiger partial charge in [0.25, 0.3) is 0 Å². The fourth-order valence-electron chi connectivity index (χ4n) is 3.80. The van der Waals surface area contributed by atoms with E-state index in [9.17, 15) is 0 Å². The lowest BCUT2D eigenvalue weighted by Crippen LogP contribution is -2.64. The van der Waals surface area contributed by atoms with Gasteiger partial charge in [0, 0.05) is 25.7 Å². The minimum Gasteiger partial charge on any atom is -0.372 e. The fourth-order valence-corrected chi connectivity index (χ4v) is 3.80. The molecule has 3 nitrogen and oxygen atoms in total. The Labute approximate surface area is 112 Å². The summed E-state index contributed by atoms with van der Waals surface area (Å²) in [5.41, 5.74) is 0.126. The summed E-state index contributed by atoms with van der Waals surface area (Å²) >= 11 is 0. The Morgan fingerprint density at radius 1 is 1.22 bits per heavy atom. The van der Waals surface area contributed by atoms with Crippen LogP contribution in [0, 0.1) is 5.92 Å². The minimum atomic E-state index is 0.126. The van der Waals surface area contributed by atoms with Crippen LogP contribution in [0.15, 0.2) is 0 Å². The van der Waals surface area contributed by atoms with Crippen molar-refractivity contribution in [3.8, 4) is 0 Å². The molecule has 2 fully saturated rings. The maximum absolute atomic E-state index is 6.31. The van der Waals surface area contributed by atoms with Gasteiger partial charge >= 0.3 is 0 Å². The maximum atomic E-state index is 6.31. The van der Waals surface area contributed by atoms with E-state index in [1.54, 1.807) is 0 Å². The smallest absolute Gasteiger partial charge is 0.0862 e. The molecule has 0 bridgehead atoms. The van der Waals surface area contributed by atoms with Crippen LogP contribution in [0.4, 0.5) is 0 Å². The average molecular weight is 254 g/mol. The molecule has 0 aromatic rings. The molecule has 3 heteroatoms. The lowest BCUT2D eigenvalue weighted by molar-refractivity contribution is -0.139. The highest BCUT2D eigenvalue weighted by molar-refractivity contribution is 5.01. The van der Waals surface area contributed by atoms with Crippen molar-refractivity contribution in [2.24, 2.45) is 5.92 Å². The zero-order valence-electron chi connectivity index (χ0n) is 12.4. The summed E-state index contributed by atoms with van der Waals surface area (Å²) in [6, 6.07) is 0.570. The third kappa shape index (κ3) is 2.73. The molecule has 0 radical (unpaired) electrons. The number of hydrogen-bond donors (Lipinski definition) is 1. The number of ether oxygens (including phenoxy) is 1. The third-order valence-electron chi connectivity index (χ3n) is 5.09. The molecule has 1 spiro atoms. The summed E-state index contributed by atoms with van der Waals surface area (Å²) in [4.78, 5) is 2.55. The van der Waals surface area contributed by atoms with Crippen molar-refractivity contribution in [1.82, 2.24) is 10.2 Å². The van der Waals surface area contributed by atoms with E-state index >= 15 is 0 Å². The van der Waals surface area contributed by atoms with Crippen molar-refractivity contribution >= 4 is 0 Å². The van der Waals surface area contributed by atoms with Crippen LogP contribution in [0.2, 0.25) is 0 Å². The van der Waals surface area contributed by atoms with E-state index in [1.165, 1.54) is 45.3 Å². The van der Waals surface area contributed by atoms with Gasteiger partial charge in [-0.2, -0.15) is 0 Å². The van der Waals surface area contributed by atoms with E-state index in [0.717, 1.165) is 19.1 Å². The fraction of sp³-hybridized carbons (Fsp3) is 1.00. The van der Waals surface area contributed by atoms with Crippen LogP contribution < -0.4 is 5.32 Å². The van der Waals surface area contributed by atoms with Crippen LogP contribution in [0.25, 0.3) is 0 Å². The first-order valence-corrected chi connectivity index (χ1v) is 7.85. The van der Waals surface area contributed by atoms with E-state index in [2.05, 4.69) is 31.0 Å². The molecule has 1 N–H and O–H groups in total. The van der Waals surface area contributed by atoms with Gasteiger partial charge in [-0.15, -0.1) is 0 Å². The van der Waals surface area contributed by atoms with Gasteiger partial charge in [-0.3, -0.25) is 0 Å². The normalized spacial score (nSPS) is 29.0. The Hall–Kier alpha value is -0.120. The van der Waals surface area contributed by atoms with Crippen molar-refractivity contribution in [3.63, 3.8) is 0 Å². The Morgan fingerprint density at radius 3 is 2.44 bits per heavy atom. The van der Waals surface area contributed by atoms with Gasteiger partial charge in [0.1, 0.15) is 0 Å². The van der Waals surface area contributed by atoms with Crippen LogP contribution in [-0.2, 0) is 4.74 Å². The molecule has 0 aromatic carbocycles. The Kier molecular flexibility index (Phi) is 5.05. The Bertz CT molecular complexity index is 245. The second kappa shape index (κ2) is 6.36. The van der Waals surface area contributed by atoms with Crippen LogP contribution in [0.5, 0.6) is 0 Å². The summed E-state index contributed by atoms with van der Waals surface area (Å²) in [6.07, 6.45) is 4.93. The van der Waals surface area contributed by atoms with Gasteiger partial charge < -0.3 is 15.0 Å². The number of hydrogen-bond acceptors (Lipinski definition) is 3. The second-order valence-corrected chi connectivity index (χ2v) is 5.86. The first kappa shape index (κ1) is 14.3. The highest BCUT2D eigenvalue weighted by atomic mass is 16.5. The first-order chi connectivity index (χ1) is 8.75. The van der Waals surface area contributed by atoms with Crippen molar-refractivity contribution in [2.45, 2.75) is 58.1 Å². The molecular weight excluding hydrogens is 224 g/mol. The third-order valence-corrected chi connectivity index (χ3v) is 5.09. The minimum absolute atomic E-state index is 0.126. The molecule has 2 aliphatic heterocycles. The number of likely N-dealkylation sites (tertiary alicyclic amines) is 1. The molecule has 2 saturated heterocycles. The standard InChI is InChI=1S/C15H30N2O/c1-4-13(5-2)14-15(18-12-9-16-14)7-10-17(6-3)11-8-15/h13-14,16H,4-12H2,1-3H3. The van der Waals surface area contributed by atoms with Crippen LogP contribution in [0.3, 0.4) is 0 Å². The zero-order valence-corrected chi connectivity index (χ0v) is 12.4. The van der Waals surface area contributed by atoms with Gasteiger partial charge in [0.05, 0.1) is 12.2 Å². The maximum Gasteiger partial charge on any atom is 0.0862 e. The van der Waals surface area contributed by atoms with Gasteiger partial charge in [0.2, 0.25) is 0 Å². The molecule has 0 aromatic heterocycles. The number of morpholine rings is 1. The lowest BCUT2D eigenvalue weighted by atomic mass is 9.75. The number of piperidine rings is 1. The van der Waals surface area contributed by atoms with Gasteiger partial charge in [0.15, 0.2) is 0 Å². The molecule has 2 aliphatic rings. The quantitative estimate of drug-likeness (QED) is 0.833. The van der Waals surface area contributed by atoms with Crippen molar-refractivity contribution < 1.29 is 4.74 Å². The largest absolute Gasteiger partial charge is 0.372 e. The van der Waals surface area contributed by atoms with E-state index in [-0.39, 0.29) is 5.60 Å². The second-order valence-electron chi connectivity index (χ2n) is 5.86. The van der Waals surface area contributed by atoms with Gasteiger partial charge in [-0.1, -0.05) is 33.6 Å². The number of rotatable bonds is 4. The SMILES string of the molecule is CCC(CC)C1NCCOC12CCN(CC)CC2. The van der Waals surface area contributed by atoms with Gasteiger partial charge in [-0.05, 0) is 25.3 Å². The summed E-state index contributed by atoms with van der Waals surface area (Å²) in [5.74, 6) is 0.762. The van der Waals surface area contributed by atoms with Crippen molar-refractivity contribution in [3.05, 3.63) is 0 Å². The molecule has 2 rings (SSSR count). The van der Waals surface area contributed by atoms with E-state index in [4.69, 9.17) is 4.74 Å². The molecule has 0 saturated carbocycles. The zero-order chi connectivity index (χ0) is 13.0. The van der Waals surface area contributed by atoms with Gasteiger partial charge in [-0.25, -0.2) is 0 Å². The van der Waals surface area contributed by atoms with Crippen LogP contribution in [0.1, 0.15) is 46.5 Å². The van der Waals surface area contributed by atoms with Crippen molar-refractivity contribution in [2.75, 3.05) is 32.8 Å². The molecule has 106 valence electrons. The first-order valence-electron chi connectivity index (χ1n) is 7.85. The highest BCUT2D eigenvalue weighted by Gasteiger charge is 2.46. The molecule has 0 amide bonds. The molecule has 0 aliphatic carbocycles. The predicted molar refractivity (Wildman–Crippen MR) is 75.9 cm³/mol. The van der Waals surface area contributed by atoms with Crippen LogP contribution >= 0.6 is 0 Å². The predicted octanol–water partition coefficient (Wildman–Crippen LogP) is 2.27. The van der Waals surface area contributed by atoms with E-state index in [1.807, 2.05) is 0 Å². The highest BCUT2D eigenvalue weighted by Crippen LogP contribution is 2.36. The topological polar surface area (TPSA) is 24.5 Å². The number of nitrogens with zero attached hydrogens (tertiary/aromatic N) is 1. The Balaban J connectivity index is 2.07. The summed E-state index contributed by atoms with van der Waals surface area (Å²) in [6.45, 7) is 12.4. The monoisotopic (exact) mass is 254 g/mol. The number of nitrogens with one attached hydrogen (secondary N) is 1. The van der Waals surface area contributed by atoms with E-state index in [0.29, 0.717) is 6.04 Å².